The molecule has 0 fully saturated rings. The molecule has 0 N–H and O–H groups in total. The van der Waals surface area contributed by atoms with Gasteiger partial charge in [0.1, 0.15) is 9.84 Å². The van der Waals surface area contributed by atoms with Gasteiger partial charge in [0, 0.05) is 30.8 Å². The maximum Gasteiger partial charge on any atom is 0.225 e. The summed E-state index contributed by atoms with van der Waals surface area (Å²) in [6, 6.07) is 7.41. The second-order valence-electron chi connectivity index (χ2n) is 5.09. The zero-order chi connectivity index (χ0) is 15.3. The van der Waals surface area contributed by atoms with E-state index in [1.165, 1.54) is 11.2 Å². The number of benzene rings is 1. The molecule has 0 radical (unpaired) electrons. The molecule has 0 saturated heterocycles. The van der Waals surface area contributed by atoms with Crippen molar-refractivity contribution in [3.8, 4) is 0 Å². The summed E-state index contributed by atoms with van der Waals surface area (Å²) < 4.78 is 22.2. The van der Waals surface area contributed by atoms with Gasteiger partial charge in [0.05, 0.1) is 5.75 Å². The molecule has 0 aromatic heterocycles. The minimum absolute atomic E-state index is 0.0198. The smallest absolute Gasteiger partial charge is 0.225 e. The highest BCUT2D eigenvalue weighted by molar-refractivity contribution is 7.90. The summed E-state index contributed by atoms with van der Waals surface area (Å²) in [5.41, 5.74) is 0.923. The SMILES string of the molecule is C[C@@H](Cc1ccccc1Cl)C(=O)N(C)CCS(C)(=O)=O. The summed E-state index contributed by atoms with van der Waals surface area (Å²) in [5.74, 6) is -0.332. The molecule has 0 aliphatic rings. The number of rotatable bonds is 6. The van der Waals surface area contributed by atoms with E-state index in [0.717, 1.165) is 5.56 Å². The van der Waals surface area contributed by atoms with Crippen LogP contribution in [-0.4, -0.2) is 44.8 Å². The summed E-state index contributed by atoms with van der Waals surface area (Å²) in [6.07, 6.45) is 1.71. The van der Waals surface area contributed by atoms with Crippen LogP contribution in [0.3, 0.4) is 0 Å². The van der Waals surface area contributed by atoms with E-state index >= 15 is 0 Å². The van der Waals surface area contributed by atoms with Crippen molar-refractivity contribution in [2.75, 3.05) is 25.6 Å². The number of amides is 1. The van der Waals surface area contributed by atoms with Crippen LogP contribution in [0.25, 0.3) is 0 Å². The molecule has 0 heterocycles. The van der Waals surface area contributed by atoms with Crippen LogP contribution in [0.4, 0.5) is 0 Å². The van der Waals surface area contributed by atoms with Gasteiger partial charge in [0.2, 0.25) is 5.91 Å². The van der Waals surface area contributed by atoms with Crippen LogP contribution in [0.15, 0.2) is 24.3 Å². The first kappa shape index (κ1) is 17.0. The largest absolute Gasteiger partial charge is 0.345 e. The van der Waals surface area contributed by atoms with Crippen LogP contribution in [0.2, 0.25) is 5.02 Å². The van der Waals surface area contributed by atoms with Gasteiger partial charge in [-0.25, -0.2) is 8.42 Å². The molecule has 0 saturated carbocycles. The van der Waals surface area contributed by atoms with Crippen molar-refractivity contribution in [3.63, 3.8) is 0 Å². The number of hydrogen-bond donors (Lipinski definition) is 0. The first-order valence-corrected chi connectivity index (χ1v) is 8.80. The van der Waals surface area contributed by atoms with E-state index in [-0.39, 0.29) is 24.1 Å². The van der Waals surface area contributed by atoms with Gasteiger partial charge in [-0.2, -0.15) is 0 Å². The normalized spacial score (nSPS) is 13.0. The lowest BCUT2D eigenvalue weighted by Crippen LogP contribution is -2.35. The fourth-order valence-electron chi connectivity index (χ4n) is 1.87. The average Bonchev–Trinajstić information content (AvgIpc) is 2.36. The summed E-state index contributed by atoms with van der Waals surface area (Å²) >= 11 is 6.07. The molecule has 0 aliphatic carbocycles. The van der Waals surface area contributed by atoms with Crippen LogP contribution in [0.1, 0.15) is 12.5 Å². The van der Waals surface area contributed by atoms with Crippen LogP contribution < -0.4 is 0 Å². The van der Waals surface area contributed by atoms with Gasteiger partial charge < -0.3 is 4.90 Å². The first-order valence-electron chi connectivity index (χ1n) is 6.37. The number of hydrogen-bond acceptors (Lipinski definition) is 3. The summed E-state index contributed by atoms with van der Waals surface area (Å²) in [4.78, 5) is 13.6. The van der Waals surface area contributed by atoms with E-state index in [0.29, 0.717) is 11.4 Å². The molecule has 0 aliphatic heterocycles. The fourth-order valence-corrected chi connectivity index (χ4v) is 2.69. The highest BCUT2D eigenvalue weighted by Crippen LogP contribution is 2.19. The van der Waals surface area contributed by atoms with Crippen LogP contribution in [0, 0.1) is 5.92 Å². The number of sulfone groups is 1. The molecule has 20 heavy (non-hydrogen) atoms. The summed E-state index contributed by atoms with van der Waals surface area (Å²) in [7, 11) is -1.44. The van der Waals surface area contributed by atoms with Crippen molar-refractivity contribution < 1.29 is 13.2 Å². The van der Waals surface area contributed by atoms with Gasteiger partial charge in [-0.15, -0.1) is 0 Å². The predicted octanol–water partition coefficient (Wildman–Crippen LogP) is 2.02. The van der Waals surface area contributed by atoms with Crippen molar-refractivity contribution in [1.29, 1.82) is 0 Å². The molecule has 112 valence electrons. The lowest BCUT2D eigenvalue weighted by atomic mass is 10.00. The Kier molecular flexibility index (Phi) is 6.02. The minimum Gasteiger partial charge on any atom is -0.345 e. The van der Waals surface area contributed by atoms with E-state index in [2.05, 4.69) is 0 Å². The summed E-state index contributed by atoms with van der Waals surface area (Å²) in [5, 5.41) is 0.644. The van der Waals surface area contributed by atoms with E-state index in [1.807, 2.05) is 25.1 Å². The zero-order valence-corrected chi connectivity index (χ0v) is 13.5. The molecule has 0 spiro atoms. The molecular formula is C14H20ClNO3S. The van der Waals surface area contributed by atoms with Gasteiger partial charge in [0.25, 0.3) is 0 Å². The lowest BCUT2D eigenvalue weighted by Gasteiger charge is -2.21. The topological polar surface area (TPSA) is 54.5 Å². The monoisotopic (exact) mass is 317 g/mol. The van der Waals surface area contributed by atoms with E-state index in [4.69, 9.17) is 11.6 Å². The molecule has 1 atom stereocenters. The second-order valence-corrected chi connectivity index (χ2v) is 7.75. The van der Waals surface area contributed by atoms with Crippen LogP contribution in [-0.2, 0) is 21.1 Å². The van der Waals surface area contributed by atoms with Gasteiger partial charge in [0.15, 0.2) is 0 Å². The average molecular weight is 318 g/mol. The minimum atomic E-state index is -3.06. The highest BCUT2D eigenvalue weighted by atomic mass is 35.5. The molecule has 0 bridgehead atoms. The Hall–Kier alpha value is -1.07. The van der Waals surface area contributed by atoms with Crippen LogP contribution >= 0.6 is 11.6 Å². The standard InChI is InChI=1S/C14H20ClNO3S/c1-11(10-12-6-4-5-7-13(12)15)14(17)16(2)8-9-20(3,18)19/h4-7,11H,8-10H2,1-3H3/t11-/m0/s1. The summed E-state index contributed by atoms with van der Waals surface area (Å²) in [6.45, 7) is 2.03. The quantitative estimate of drug-likeness (QED) is 0.806. The van der Waals surface area contributed by atoms with Gasteiger partial charge in [-0.1, -0.05) is 36.7 Å². The number of carbonyl (C=O) groups excluding carboxylic acids is 1. The maximum absolute atomic E-state index is 12.2. The molecule has 6 heteroatoms. The second kappa shape index (κ2) is 7.09. The molecule has 1 amide bonds. The number of carbonyl (C=O) groups is 1. The Labute approximate surface area is 125 Å². The predicted molar refractivity (Wildman–Crippen MR) is 81.7 cm³/mol. The third-order valence-electron chi connectivity index (χ3n) is 3.08. The zero-order valence-electron chi connectivity index (χ0n) is 12.0. The van der Waals surface area contributed by atoms with Crippen molar-refractivity contribution in [2.45, 2.75) is 13.3 Å². The Morgan fingerprint density at radius 3 is 2.50 bits per heavy atom. The van der Waals surface area contributed by atoms with Crippen molar-refractivity contribution in [2.24, 2.45) is 5.92 Å². The molecule has 0 unspecified atom stereocenters. The van der Waals surface area contributed by atoms with E-state index in [1.54, 1.807) is 13.1 Å². The van der Waals surface area contributed by atoms with Crippen molar-refractivity contribution in [1.82, 2.24) is 4.90 Å². The van der Waals surface area contributed by atoms with Gasteiger partial charge in [-0.05, 0) is 18.1 Å². The molecule has 1 aromatic rings. The van der Waals surface area contributed by atoms with E-state index in [9.17, 15) is 13.2 Å². The Bertz CT molecular complexity index is 572. The van der Waals surface area contributed by atoms with E-state index < -0.39 is 9.84 Å². The Balaban J connectivity index is 2.61. The third kappa shape index (κ3) is 5.51. The van der Waals surface area contributed by atoms with Crippen LogP contribution in [0.5, 0.6) is 0 Å². The molecular weight excluding hydrogens is 298 g/mol. The molecule has 4 nitrogen and oxygen atoms in total. The van der Waals surface area contributed by atoms with Crippen molar-refractivity contribution >= 4 is 27.3 Å². The number of nitrogens with zero attached hydrogens (tertiary/aromatic N) is 1. The Morgan fingerprint density at radius 1 is 1.35 bits per heavy atom. The highest BCUT2D eigenvalue weighted by Gasteiger charge is 2.19. The fraction of sp³-hybridized carbons (Fsp3) is 0.500. The third-order valence-corrected chi connectivity index (χ3v) is 4.37. The van der Waals surface area contributed by atoms with Gasteiger partial charge >= 0.3 is 0 Å². The van der Waals surface area contributed by atoms with Crippen molar-refractivity contribution in [3.05, 3.63) is 34.9 Å². The maximum atomic E-state index is 12.2. The molecule has 1 rings (SSSR count). The van der Waals surface area contributed by atoms with Gasteiger partial charge in [-0.3, -0.25) is 4.79 Å². The lowest BCUT2D eigenvalue weighted by molar-refractivity contribution is -0.133. The first-order chi connectivity index (χ1) is 9.20. The number of halogens is 1. The Morgan fingerprint density at radius 2 is 1.95 bits per heavy atom. The molecule has 1 aromatic carbocycles.